The van der Waals surface area contributed by atoms with Crippen LogP contribution in [0.5, 0.6) is 0 Å². The highest BCUT2D eigenvalue weighted by molar-refractivity contribution is 7.91. The van der Waals surface area contributed by atoms with Crippen LogP contribution < -0.4 is 5.32 Å². The number of sulfone groups is 1. The Hall–Kier alpha value is -1.89. The van der Waals surface area contributed by atoms with Crippen molar-refractivity contribution in [2.24, 2.45) is 0 Å². The van der Waals surface area contributed by atoms with E-state index in [-0.39, 0.29) is 29.4 Å². The minimum absolute atomic E-state index is 0.0885. The number of carboxylic acids is 1. The van der Waals surface area contributed by atoms with Gasteiger partial charge in [0.2, 0.25) is 5.91 Å². The van der Waals surface area contributed by atoms with Crippen molar-refractivity contribution in [3.63, 3.8) is 0 Å². The number of carbonyl (C=O) groups is 2. The van der Waals surface area contributed by atoms with Crippen molar-refractivity contribution in [1.29, 1.82) is 0 Å². The number of hydrogen-bond acceptors (Lipinski definition) is 4. The Bertz CT molecular complexity index is 562. The Morgan fingerprint density at radius 1 is 1.21 bits per heavy atom. The van der Waals surface area contributed by atoms with Crippen LogP contribution in [0.1, 0.15) is 12.0 Å². The van der Waals surface area contributed by atoms with Crippen molar-refractivity contribution in [3.8, 4) is 0 Å². The molecule has 0 aliphatic carbocycles. The number of amides is 1. The molecule has 0 aliphatic rings. The first-order valence-electron chi connectivity index (χ1n) is 5.59. The van der Waals surface area contributed by atoms with E-state index in [1.54, 1.807) is 0 Å². The minimum Gasteiger partial charge on any atom is -0.481 e. The molecule has 0 radical (unpaired) electrons. The predicted molar refractivity (Wildman–Crippen MR) is 68.5 cm³/mol. The van der Waals surface area contributed by atoms with Crippen molar-refractivity contribution in [3.05, 3.63) is 29.8 Å². The second-order valence-electron chi connectivity index (χ2n) is 3.96. The van der Waals surface area contributed by atoms with Gasteiger partial charge in [-0.05, 0) is 17.7 Å². The summed E-state index contributed by atoms with van der Waals surface area (Å²) in [6, 6.07) is 5.64. The van der Waals surface area contributed by atoms with Crippen molar-refractivity contribution in [2.45, 2.75) is 17.7 Å². The highest BCUT2D eigenvalue weighted by Crippen LogP contribution is 2.13. The number of benzene rings is 1. The monoisotopic (exact) mass is 285 g/mol. The summed E-state index contributed by atoms with van der Waals surface area (Å²) in [5, 5.41) is 11.0. The standard InChI is InChI=1S/C12H15NO5S/c1-13-11(14)6-7-19(17,18)10-4-2-9(3-5-10)8-12(15)16/h2-5H,6-8H2,1H3,(H,13,14)(H,15,16). The van der Waals surface area contributed by atoms with Crippen LogP contribution in [0.2, 0.25) is 0 Å². The number of aliphatic carboxylic acids is 1. The number of nitrogens with one attached hydrogen (secondary N) is 1. The van der Waals surface area contributed by atoms with E-state index in [1.165, 1.54) is 31.3 Å². The Morgan fingerprint density at radius 2 is 1.79 bits per heavy atom. The maximum Gasteiger partial charge on any atom is 0.307 e. The summed E-state index contributed by atoms with van der Waals surface area (Å²) < 4.78 is 23.8. The number of rotatable bonds is 6. The van der Waals surface area contributed by atoms with Gasteiger partial charge >= 0.3 is 5.97 Å². The smallest absolute Gasteiger partial charge is 0.307 e. The van der Waals surface area contributed by atoms with Gasteiger partial charge in [0, 0.05) is 13.5 Å². The highest BCUT2D eigenvalue weighted by atomic mass is 32.2. The molecule has 1 aromatic carbocycles. The molecule has 0 aliphatic heterocycles. The fourth-order valence-corrected chi connectivity index (χ4v) is 2.70. The van der Waals surface area contributed by atoms with Gasteiger partial charge < -0.3 is 10.4 Å². The van der Waals surface area contributed by atoms with E-state index in [4.69, 9.17) is 5.11 Å². The maximum absolute atomic E-state index is 11.9. The van der Waals surface area contributed by atoms with Gasteiger partial charge in [-0.2, -0.15) is 0 Å². The van der Waals surface area contributed by atoms with Gasteiger partial charge in [0.1, 0.15) is 0 Å². The average Bonchev–Trinajstić information content (AvgIpc) is 2.36. The van der Waals surface area contributed by atoms with E-state index in [0.717, 1.165) is 0 Å². The van der Waals surface area contributed by atoms with Gasteiger partial charge in [-0.25, -0.2) is 8.42 Å². The summed E-state index contributed by atoms with van der Waals surface area (Å²) in [7, 11) is -2.08. The largest absolute Gasteiger partial charge is 0.481 e. The molecule has 1 aromatic rings. The third kappa shape index (κ3) is 4.70. The Balaban J connectivity index is 2.79. The topological polar surface area (TPSA) is 101 Å². The molecule has 104 valence electrons. The van der Waals surface area contributed by atoms with Crippen LogP contribution >= 0.6 is 0 Å². The molecule has 0 aromatic heterocycles. The Kier molecular flexibility index (Phi) is 5.05. The predicted octanol–water partition coefficient (Wildman–Crippen LogP) is 0.223. The van der Waals surface area contributed by atoms with Crippen molar-refractivity contribution >= 4 is 21.7 Å². The van der Waals surface area contributed by atoms with Crippen LogP contribution in [-0.4, -0.2) is 38.2 Å². The highest BCUT2D eigenvalue weighted by Gasteiger charge is 2.16. The molecule has 19 heavy (non-hydrogen) atoms. The molecule has 0 saturated heterocycles. The zero-order valence-corrected chi connectivity index (χ0v) is 11.2. The van der Waals surface area contributed by atoms with Gasteiger partial charge in [0.15, 0.2) is 9.84 Å². The molecule has 0 atom stereocenters. The van der Waals surface area contributed by atoms with Gasteiger partial charge in [-0.3, -0.25) is 9.59 Å². The Labute approximate surface area is 111 Å². The summed E-state index contributed by atoms with van der Waals surface area (Å²) in [4.78, 5) is 21.6. The lowest BCUT2D eigenvalue weighted by Gasteiger charge is -2.05. The normalized spacial score (nSPS) is 11.0. The molecule has 2 N–H and O–H groups in total. The van der Waals surface area contributed by atoms with Crippen LogP contribution in [0.25, 0.3) is 0 Å². The SMILES string of the molecule is CNC(=O)CCS(=O)(=O)c1ccc(CC(=O)O)cc1. The van der Waals surface area contributed by atoms with E-state index >= 15 is 0 Å². The van der Waals surface area contributed by atoms with E-state index in [1.807, 2.05) is 0 Å². The third-order valence-corrected chi connectivity index (χ3v) is 4.25. The molecule has 0 unspecified atom stereocenters. The molecule has 7 heteroatoms. The minimum atomic E-state index is -3.52. The summed E-state index contributed by atoms with van der Waals surface area (Å²) in [5.41, 5.74) is 0.526. The lowest BCUT2D eigenvalue weighted by Crippen LogP contribution is -2.21. The number of carbonyl (C=O) groups excluding carboxylic acids is 1. The molecule has 1 rings (SSSR count). The van der Waals surface area contributed by atoms with Crippen LogP contribution in [-0.2, 0) is 25.8 Å². The summed E-state index contributed by atoms with van der Waals surface area (Å²) in [5.74, 6) is -1.59. The molecule has 1 amide bonds. The number of carboxylic acid groups (broad SMARTS) is 1. The third-order valence-electron chi connectivity index (χ3n) is 2.51. The van der Waals surface area contributed by atoms with Gasteiger partial charge in [0.05, 0.1) is 17.1 Å². The van der Waals surface area contributed by atoms with Gasteiger partial charge in [0.25, 0.3) is 0 Å². The van der Waals surface area contributed by atoms with Crippen molar-refractivity contribution in [1.82, 2.24) is 5.32 Å². The summed E-state index contributed by atoms with van der Waals surface area (Å²) in [6.45, 7) is 0. The van der Waals surface area contributed by atoms with E-state index < -0.39 is 15.8 Å². The number of hydrogen-bond donors (Lipinski definition) is 2. The van der Waals surface area contributed by atoms with Crippen LogP contribution in [0, 0.1) is 0 Å². The van der Waals surface area contributed by atoms with Gasteiger partial charge in [-0.15, -0.1) is 0 Å². The fourth-order valence-electron chi connectivity index (χ4n) is 1.46. The summed E-state index contributed by atoms with van der Waals surface area (Å²) in [6.07, 6.45) is -0.256. The molecule has 0 spiro atoms. The second kappa shape index (κ2) is 6.33. The first-order chi connectivity index (χ1) is 8.85. The average molecular weight is 285 g/mol. The quantitative estimate of drug-likeness (QED) is 0.779. The van der Waals surface area contributed by atoms with E-state index in [2.05, 4.69) is 5.32 Å². The molecule has 6 nitrogen and oxygen atoms in total. The van der Waals surface area contributed by atoms with Crippen LogP contribution in [0.15, 0.2) is 29.2 Å². The fraction of sp³-hybridized carbons (Fsp3) is 0.333. The Morgan fingerprint density at radius 3 is 2.26 bits per heavy atom. The van der Waals surface area contributed by atoms with E-state index in [9.17, 15) is 18.0 Å². The van der Waals surface area contributed by atoms with Crippen molar-refractivity contribution < 1.29 is 23.1 Å². The molecule has 0 fully saturated rings. The van der Waals surface area contributed by atoms with Crippen LogP contribution in [0.4, 0.5) is 0 Å². The van der Waals surface area contributed by atoms with Crippen LogP contribution in [0.3, 0.4) is 0 Å². The zero-order valence-electron chi connectivity index (χ0n) is 10.4. The molecular formula is C12H15NO5S. The second-order valence-corrected chi connectivity index (χ2v) is 6.07. The molecule has 0 heterocycles. The first kappa shape index (κ1) is 15.2. The lowest BCUT2D eigenvalue weighted by atomic mass is 10.2. The van der Waals surface area contributed by atoms with Gasteiger partial charge in [-0.1, -0.05) is 12.1 Å². The van der Waals surface area contributed by atoms with E-state index in [0.29, 0.717) is 5.56 Å². The molecule has 0 saturated carbocycles. The zero-order chi connectivity index (χ0) is 14.5. The molecule has 0 bridgehead atoms. The van der Waals surface area contributed by atoms with Crippen molar-refractivity contribution in [2.75, 3.05) is 12.8 Å². The summed E-state index contributed by atoms with van der Waals surface area (Å²) >= 11 is 0. The first-order valence-corrected chi connectivity index (χ1v) is 7.24. The lowest BCUT2D eigenvalue weighted by molar-refractivity contribution is -0.136. The molecular weight excluding hydrogens is 270 g/mol. The maximum atomic E-state index is 11.9.